The summed E-state index contributed by atoms with van der Waals surface area (Å²) in [6, 6.07) is 10.7. The van der Waals surface area contributed by atoms with Crippen molar-refractivity contribution in [2.75, 3.05) is 30.8 Å². The average molecular weight is 250 g/mol. The molecule has 1 fully saturated rings. The number of benzene rings is 1. The molecule has 1 amide bonds. The number of anilines is 1. The summed E-state index contributed by atoms with van der Waals surface area (Å²) in [4.78, 5) is 16.0. The van der Waals surface area contributed by atoms with E-state index in [1.807, 2.05) is 17.2 Å². The van der Waals surface area contributed by atoms with Crippen molar-refractivity contribution in [3.8, 4) is 0 Å². The lowest BCUT2D eigenvalue weighted by Gasteiger charge is -2.40. The second-order valence-corrected chi connectivity index (χ2v) is 5.05. The van der Waals surface area contributed by atoms with E-state index in [9.17, 15) is 4.79 Å². The van der Waals surface area contributed by atoms with Gasteiger partial charge in [-0.25, -0.2) is 0 Å². The van der Waals surface area contributed by atoms with E-state index in [2.05, 4.69) is 36.1 Å². The van der Waals surface area contributed by atoms with Gasteiger partial charge < -0.3 is 9.80 Å². The van der Waals surface area contributed by atoms with Gasteiger partial charge in [0.2, 0.25) is 0 Å². The molecule has 0 aliphatic carbocycles. The summed E-state index contributed by atoms with van der Waals surface area (Å²) in [6.07, 6.45) is 1.85. The van der Waals surface area contributed by atoms with Crippen LogP contribution in [0.1, 0.15) is 6.92 Å². The number of thioether (sulfide) groups is 1. The third-order valence-electron chi connectivity index (χ3n) is 3.16. The van der Waals surface area contributed by atoms with Gasteiger partial charge in [0, 0.05) is 31.4 Å². The standard InChI is InChI=1S/C13H18N2OS/c1-11-10-14(12-6-4-3-5-7-12)8-9-15(11)13(16)17-2/h3-7,11H,8-10H2,1-2H3. The van der Waals surface area contributed by atoms with Crippen LogP contribution in [0.4, 0.5) is 10.5 Å². The topological polar surface area (TPSA) is 23.6 Å². The van der Waals surface area contributed by atoms with Crippen LogP contribution in [-0.2, 0) is 0 Å². The Hall–Kier alpha value is -1.16. The highest BCUT2D eigenvalue weighted by Gasteiger charge is 2.26. The first-order valence-corrected chi connectivity index (χ1v) is 7.09. The van der Waals surface area contributed by atoms with Crippen molar-refractivity contribution in [3.63, 3.8) is 0 Å². The SMILES string of the molecule is CSC(=O)N1CCN(c2ccccc2)CC1C. The van der Waals surface area contributed by atoms with Crippen LogP contribution in [0.5, 0.6) is 0 Å². The zero-order chi connectivity index (χ0) is 12.3. The number of carbonyl (C=O) groups is 1. The van der Waals surface area contributed by atoms with Gasteiger partial charge in [-0.1, -0.05) is 30.0 Å². The third-order valence-corrected chi connectivity index (χ3v) is 3.74. The molecule has 0 bridgehead atoms. The number of hydrogen-bond donors (Lipinski definition) is 0. The first kappa shape index (κ1) is 12.3. The summed E-state index contributed by atoms with van der Waals surface area (Å²) in [7, 11) is 0. The molecule has 92 valence electrons. The lowest BCUT2D eigenvalue weighted by molar-refractivity contribution is 0.196. The van der Waals surface area contributed by atoms with Gasteiger partial charge in [-0.2, -0.15) is 0 Å². The Morgan fingerprint density at radius 2 is 2.00 bits per heavy atom. The second-order valence-electron chi connectivity index (χ2n) is 4.29. The van der Waals surface area contributed by atoms with Crippen LogP contribution in [0.25, 0.3) is 0 Å². The molecule has 0 aromatic heterocycles. The number of rotatable bonds is 1. The highest BCUT2D eigenvalue weighted by molar-refractivity contribution is 8.12. The van der Waals surface area contributed by atoms with Gasteiger partial charge in [-0.05, 0) is 25.3 Å². The zero-order valence-corrected chi connectivity index (χ0v) is 11.1. The van der Waals surface area contributed by atoms with Crippen molar-refractivity contribution in [3.05, 3.63) is 30.3 Å². The Morgan fingerprint density at radius 3 is 2.59 bits per heavy atom. The van der Waals surface area contributed by atoms with Crippen molar-refractivity contribution in [1.82, 2.24) is 4.90 Å². The van der Waals surface area contributed by atoms with Crippen LogP contribution in [0, 0.1) is 0 Å². The molecule has 0 saturated carbocycles. The zero-order valence-electron chi connectivity index (χ0n) is 10.3. The molecule has 0 spiro atoms. The van der Waals surface area contributed by atoms with Crippen molar-refractivity contribution in [2.24, 2.45) is 0 Å². The molecule has 2 rings (SSSR count). The summed E-state index contributed by atoms with van der Waals surface area (Å²) in [6.45, 7) is 4.76. The molecular formula is C13H18N2OS. The predicted molar refractivity (Wildman–Crippen MR) is 73.7 cm³/mol. The minimum atomic E-state index is 0.185. The molecule has 1 unspecified atom stereocenters. The Morgan fingerprint density at radius 1 is 1.29 bits per heavy atom. The maximum atomic E-state index is 11.7. The lowest BCUT2D eigenvalue weighted by atomic mass is 10.2. The Labute approximate surface area is 107 Å². The predicted octanol–water partition coefficient (Wildman–Crippen LogP) is 2.68. The summed E-state index contributed by atoms with van der Waals surface area (Å²) in [5.74, 6) is 0. The Balaban J connectivity index is 2.02. The second kappa shape index (κ2) is 5.45. The first-order valence-electron chi connectivity index (χ1n) is 5.87. The van der Waals surface area contributed by atoms with Crippen LogP contribution in [0.3, 0.4) is 0 Å². The normalized spacial score (nSPS) is 20.5. The number of para-hydroxylation sites is 1. The molecule has 4 heteroatoms. The molecule has 1 saturated heterocycles. The fourth-order valence-corrected chi connectivity index (χ4v) is 2.73. The molecule has 1 aromatic carbocycles. The first-order chi connectivity index (χ1) is 8.22. The average Bonchev–Trinajstić information content (AvgIpc) is 2.39. The summed E-state index contributed by atoms with van der Waals surface area (Å²) in [5, 5.41) is 0.185. The Bertz CT molecular complexity index is 382. The van der Waals surface area contributed by atoms with E-state index >= 15 is 0 Å². The molecule has 1 aliphatic heterocycles. The molecular weight excluding hydrogens is 232 g/mol. The van der Waals surface area contributed by atoms with E-state index in [0.29, 0.717) is 0 Å². The van der Waals surface area contributed by atoms with Gasteiger partial charge in [0.05, 0.1) is 0 Å². The highest BCUT2D eigenvalue weighted by atomic mass is 32.2. The van der Waals surface area contributed by atoms with E-state index in [1.165, 1.54) is 17.4 Å². The van der Waals surface area contributed by atoms with Crippen molar-refractivity contribution in [2.45, 2.75) is 13.0 Å². The molecule has 0 radical (unpaired) electrons. The van der Waals surface area contributed by atoms with Gasteiger partial charge in [0.15, 0.2) is 0 Å². The maximum Gasteiger partial charge on any atom is 0.281 e. The van der Waals surface area contributed by atoms with E-state index in [0.717, 1.165) is 19.6 Å². The number of amides is 1. The van der Waals surface area contributed by atoms with Gasteiger partial charge >= 0.3 is 0 Å². The van der Waals surface area contributed by atoms with Crippen molar-refractivity contribution < 1.29 is 4.79 Å². The number of carbonyl (C=O) groups excluding carboxylic acids is 1. The fraction of sp³-hybridized carbons (Fsp3) is 0.462. The van der Waals surface area contributed by atoms with Crippen molar-refractivity contribution in [1.29, 1.82) is 0 Å². The monoisotopic (exact) mass is 250 g/mol. The van der Waals surface area contributed by atoms with E-state index < -0.39 is 0 Å². The van der Waals surface area contributed by atoms with Gasteiger partial charge in [-0.3, -0.25) is 4.79 Å². The Kier molecular flexibility index (Phi) is 3.94. The summed E-state index contributed by atoms with van der Waals surface area (Å²) in [5.41, 5.74) is 1.25. The number of nitrogens with zero attached hydrogens (tertiary/aromatic N) is 2. The fourth-order valence-electron chi connectivity index (χ4n) is 2.22. The van der Waals surface area contributed by atoms with Crippen LogP contribution in [0.2, 0.25) is 0 Å². The summed E-state index contributed by atoms with van der Waals surface area (Å²) >= 11 is 1.30. The van der Waals surface area contributed by atoms with Crippen LogP contribution < -0.4 is 4.90 Å². The van der Waals surface area contributed by atoms with E-state index in [-0.39, 0.29) is 11.3 Å². The minimum absolute atomic E-state index is 0.185. The molecule has 3 nitrogen and oxygen atoms in total. The number of hydrogen-bond acceptors (Lipinski definition) is 3. The van der Waals surface area contributed by atoms with Crippen LogP contribution in [0.15, 0.2) is 30.3 Å². The largest absolute Gasteiger partial charge is 0.368 e. The summed E-state index contributed by atoms with van der Waals surface area (Å²) < 4.78 is 0. The molecule has 1 atom stereocenters. The third kappa shape index (κ3) is 2.75. The number of piperazine rings is 1. The highest BCUT2D eigenvalue weighted by Crippen LogP contribution is 2.20. The van der Waals surface area contributed by atoms with Gasteiger partial charge in [-0.15, -0.1) is 0 Å². The molecule has 1 aromatic rings. The van der Waals surface area contributed by atoms with Gasteiger partial charge in [0.1, 0.15) is 0 Å². The molecule has 0 N–H and O–H groups in total. The molecule has 1 aliphatic rings. The quantitative estimate of drug-likeness (QED) is 0.765. The van der Waals surface area contributed by atoms with E-state index in [4.69, 9.17) is 0 Å². The minimum Gasteiger partial charge on any atom is -0.368 e. The molecule has 1 heterocycles. The van der Waals surface area contributed by atoms with Gasteiger partial charge in [0.25, 0.3) is 5.24 Å². The van der Waals surface area contributed by atoms with Crippen LogP contribution in [-0.4, -0.2) is 42.1 Å². The molecule has 17 heavy (non-hydrogen) atoms. The van der Waals surface area contributed by atoms with Crippen molar-refractivity contribution >= 4 is 22.7 Å². The smallest absolute Gasteiger partial charge is 0.281 e. The maximum absolute atomic E-state index is 11.7. The van der Waals surface area contributed by atoms with Crippen LogP contribution >= 0.6 is 11.8 Å². The van der Waals surface area contributed by atoms with E-state index in [1.54, 1.807) is 0 Å². The lowest BCUT2D eigenvalue weighted by Crippen LogP contribution is -2.53.